The lowest BCUT2D eigenvalue weighted by molar-refractivity contribution is 0.112. The van der Waals surface area contributed by atoms with Gasteiger partial charge in [0.05, 0.1) is 5.69 Å². The van der Waals surface area contributed by atoms with E-state index in [1.165, 1.54) is 5.56 Å². The molecule has 0 aliphatic carbocycles. The second kappa shape index (κ2) is 6.26. The van der Waals surface area contributed by atoms with Crippen molar-refractivity contribution in [3.63, 3.8) is 0 Å². The fourth-order valence-electron chi connectivity index (χ4n) is 2.44. The number of rotatable bonds is 5. The van der Waals surface area contributed by atoms with Crippen LogP contribution in [0.3, 0.4) is 0 Å². The van der Waals surface area contributed by atoms with Gasteiger partial charge in [0.1, 0.15) is 11.1 Å². The van der Waals surface area contributed by atoms with Gasteiger partial charge in [-0.2, -0.15) is 0 Å². The molecule has 2 aromatic carbocycles. The molecule has 0 bridgehead atoms. The zero-order chi connectivity index (χ0) is 15.4. The summed E-state index contributed by atoms with van der Waals surface area (Å²) < 4.78 is 5.16. The van der Waals surface area contributed by atoms with E-state index >= 15 is 0 Å². The van der Waals surface area contributed by atoms with Gasteiger partial charge in [-0.3, -0.25) is 4.79 Å². The molecule has 1 N–H and O–H groups in total. The average molecular weight is 293 g/mol. The van der Waals surface area contributed by atoms with E-state index in [1.807, 2.05) is 42.5 Å². The Morgan fingerprint density at radius 1 is 1.00 bits per heavy atom. The standard InChI is InChI=1S/C18H15NO3/c20-12-15-17(19-11-10-13-6-2-1-3-7-13)14-8-4-5-9-16(14)22-18(15)21/h1-9,12,19H,10-11H2. The second-order valence-electron chi connectivity index (χ2n) is 4.95. The third-order valence-corrected chi connectivity index (χ3v) is 3.52. The van der Waals surface area contributed by atoms with E-state index in [9.17, 15) is 9.59 Å². The van der Waals surface area contributed by atoms with Crippen molar-refractivity contribution < 1.29 is 9.21 Å². The first kappa shape index (κ1) is 14.1. The molecular formula is C18H15NO3. The largest absolute Gasteiger partial charge is 0.422 e. The molecule has 0 aliphatic rings. The summed E-state index contributed by atoms with van der Waals surface area (Å²) in [4.78, 5) is 23.1. The summed E-state index contributed by atoms with van der Waals surface area (Å²) in [6.45, 7) is 0.623. The van der Waals surface area contributed by atoms with Gasteiger partial charge in [0, 0.05) is 11.9 Å². The lowest BCUT2D eigenvalue weighted by atomic mass is 10.1. The molecule has 0 spiro atoms. The first-order valence-electron chi connectivity index (χ1n) is 7.08. The van der Waals surface area contributed by atoms with Gasteiger partial charge in [0.2, 0.25) is 0 Å². The Kier molecular flexibility index (Phi) is 4.01. The molecule has 3 rings (SSSR count). The fraction of sp³-hybridized carbons (Fsp3) is 0.111. The van der Waals surface area contributed by atoms with Crippen molar-refractivity contribution in [3.8, 4) is 0 Å². The summed E-state index contributed by atoms with van der Waals surface area (Å²) in [5.74, 6) is 0. The number of para-hydroxylation sites is 1. The topological polar surface area (TPSA) is 59.3 Å². The zero-order valence-electron chi connectivity index (χ0n) is 11.9. The maximum Gasteiger partial charge on any atom is 0.349 e. The smallest absolute Gasteiger partial charge is 0.349 e. The molecule has 0 unspecified atom stereocenters. The molecule has 110 valence electrons. The van der Waals surface area contributed by atoms with Crippen LogP contribution in [-0.2, 0) is 6.42 Å². The summed E-state index contributed by atoms with van der Waals surface area (Å²) in [6.07, 6.45) is 1.34. The van der Waals surface area contributed by atoms with Crippen LogP contribution in [0.4, 0.5) is 5.69 Å². The molecule has 1 heterocycles. The molecular weight excluding hydrogens is 278 g/mol. The minimum absolute atomic E-state index is 0.0340. The summed E-state index contributed by atoms with van der Waals surface area (Å²) in [5, 5.41) is 3.94. The van der Waals surface area contributed by atoms with Crippen LogP contribution >= 0.6 is 0 Å². The maximum atomic E-state index is 11.9. The van der Waals surface area contributed by atoms with Gasteiger partial charge in [-0.1, -0.05) is 42.5 Å². The lowest BCUT2D eigenvalue weighted by Crippen LogP contribution is -2.14. The summed E-state index contributed by atoms with van der Waals surface area (Å²) in [6, 6.07) is 17.2. The molecule has 22 heavy (non-hydrogen) atoms. The first-order chi connectivity index (χ1) is 10.8. The van der Waals surface area contributed by atoms with Crippen LogP contribution in [-0.4, -0.2) is 12.8 Å². The average Bonchev–Trinajstić information content (AvgIpc) is 2.55. The highest BCUT2D eigenvalue weighted by Crippen LogP contribution is 2.24. The number of aldehydes is 1. The Bertz CT molecular complexity index is 853. The summed E-state index contributed by atoms with van der Waals surface area (Å²) >= 11 is 0. The van der Waals surface area contributed by atoms with E-state index in [0.717, 1.165) is 11.8 Å². The molecule has 0 amide bonds. The van der Waals surface area contributed by atoms with Gasteiger partial charge >= 0.3 is 5.63 Å². The van der Waals surface area contributed by atoms with Crippen LogP contribution in [0.5, 0.6) is 0 Å². The SMILES string of the molecule is O=Cc1c(NCCc2ccccc2)c2ccccc2oc1=O. The van der Waals surface area contributed by atoms with Crippen LogP contribution in [0.15, 0.2) is 63.8 Å². The van der Waals surface area contributed by atoms with E-state index in [2.05, 4.69) is 5.32 Å². The van der Waals surface area contributed by atoms with Gasteiger partial charge in [-0.15, -0.1) is 0 Å². The fourth-order valence-corrected chi connectivity index (χ4v) is 2.44. The Morgan fingerprint density at radius 2 is 1.73 bits per heavy atom. The number of hydrogen-bond donors (Lipinski definition) is 1. The normalized spacial score (nSPS) is 10.5. The van der Waals surface area contributed by atoms with Crippen LogP contribution < -0.4 is 10.9 Å². The van der Waals surface area contributed by atoms with E-state index in [0.29, 0.717) is 24.1 Å². The maximum absolute atomic E-state index is 11.9. The van der Waals surface area contributed by atoms with Crippen molar-refractivity contribution in [2.45, 2.75) is 6.42 Å². The number of hydrogen-bond acceptors (Lipinski definition) is 4. The van der Waals surface area contributed by atoms with Crippen LogP contribution in [0.2, 0.25) is 0 Å². The molecule has 4 nitrogen and oxygen atoms in total. The zero-order valence-corrected chi connectivity index (χ0v) is 11.9. The van der Waals surface area contributed by atoms with Crippen LogP contribution in [0.25, 0.3) is 11.0 Å². The Labute approximate surface area is 127 Å². The van der Waals surface area contributed by atoms with Gasteiger partial charge in [-0.05, 0) is 24.1 Å². The molecule has 0 fully saturated rings. The first-order valence-corrected chi connectivity index (χ1v) is 7.08. The highest BCUT2D eigenvalue weighted by molar-refractivity contribution is 5.98. The molecule has 0 saturated carbocycles. The summed E-state index contributed by atoms with van der Waals surface area (Å²) in [5.41, 5.74) is 1.62. The predicted molar refractivity (Wildman–Crippen MR) is 86.5 cm³/mol. The van der Waals surface area contributed by atoms with Crippen molar-refractivity contribution in [1.29, 1.82) is 0 Å². The second-order valence-corrected chi connectivity index (χ2v) is 4.95. The van der Waals surface area contributed by atoms with E-state index in [-0.39, 0.29) is 5.56 Å². The number of fused-ring (bicyclic) bond motifs is 1. The van der Waals surface area contributed by atoms with Crippen molar-refractivity contribution in [3.05, 3.63) is 76.1 Å². The minimum Gasteiger partial charge on any atom is -0.422 e. The van der Waals surface area contributed by atoms with Crippen LogP contribution in [0, 0.1) is 0 Å². The van der Waals surface area contributed by atoms with Gasteiger partial charge < -0.3 is 9.73 Å². The molecule has 0 saturated heterocycles. The summed E-state index contributed by atoms with van der Waals surface area (Å²) in [7, 11) is 0. The number of carbonyl (C=O) groups is 1. The van der Waals surface area contributed by atoms with E-state index in [1.54, 1.807) is 12.1 Å². The number of benzene rings is 2. The molecule has 4 heteroatoms. The van der Waals surface area contributed by atoms with Gasteiger partial charge in [0.25, 0.3) is 0 Å². The Balaban J connectivity index is 1.91. The molecule has 0 radical (unpaired) electrons. The van der Waals surface area contributed by atoms with Crippen molar-refractivity contribution in [2.24, 2.45) is 0 Å². The number of nitrogens with one attached hydrogen (secondary N) is 1. The quantitative estimate of drug-likeness (QED) is 0.579. The molecule has 3 aromatic rings. The molecule has 1 aromatic heterocycles. The van der Waals surface area contributed by atoms with Crippen molar-refractivity contribution in [1.82, 2.24) is 0 Å². The highest BCUT2D eigenvalue weighted by atomic mass is 16.4. The van der Waals surface area contributed by atoms with Crippen molar-refractivity contribution >= 4 is 22.9 Å². The third kappa shape index (κ3) is 2.76. The lowest BCUT2D eigenvalue weighted by Gasteiger charge is -2.11. The van der Waals surface area contributed by atoms with E-state index < -0.39 is 5.63 Å². The number of anilines is 1. The van der Waals surface area contributed by atoms with Crippen molar-refractivity contribution in [2.75, 3.05) is 11.9 Å². The Hall–Kier alpha value is -2.88. The predicted octanol–water partition coefficient (Wildman–Crippen LogP) is 3.26. The van der Waals surface area contributed by atoms with E-state index in [4.69, 9.17) is 4.42 Å². The monoisotopic (exact) mass is 293 g/mol. The molecule has 0 atom stereocenters. The third-order valence-electron chi connectivity index (χ3n) is 3.52. The van der Waals surface area contributed by atoms with Crippen LogP contribution in [0.1, 0.15) is 15.9 Å². The highest BCUT2D eigenvalue weighted by Gasteiger charge is 2.13. The van der Waals surface area contributed by atoms with Gasteiger partial charge in [-0.25, -0.2) is 4.79 Å². The van der Waals surface area contributed by atoms with Gasteiger partial charge in [0.15, 0.2) is 6.29 Å². The minimum atomic E-state index is -0.615. The molecule has 0 aliphatic heterocycles. The Morgan fingerprint density at radius 3 is 2.50 bits per heavy atom. The number of carbonyl (C=O) groups excluding carboxylic acids is 1.